The Balaban J connectivity index is 1.60. The summed E-state index contributed by atoms with van der Waals surface area (Å²) >= 11 is 0. The monoisotopic (exact) mass is 215 g/mol. The SMILES string of the molecule is CC1(CNCc2ccccc2C2CC2)CC1. The van der Waals surface area contributed by atoms with Gasteiger partial charge in [-0.05, 0) is 48.1 Å². The van der Waals surface area contributed by atoms with Gasteiger partial charge in [0.2, 0.25) is 0 Å². The van der Waals surface area contributed by atoms with Crippen LogP contribution in [0.25, 0.3) is 0 Å². The molecular weight excluding hydrogens is 194 g/mol. The summed E-state index contributed by atoms with van der Waals surface area (Å²) in [6, 6.07) is 8.95. The van der Waals surface area contributed by atoms with Crippen LogP contribution in [0.3, 0.4) is 0 Å². The molecule has 0 amide bonds. The van der Waals surface area contributed by atoms with Crippen molar-refractivity contribution in [2.24, 2.45) is 5.41 Å². The van der Waals surface area contributed by atoms with Gasteiger partial charge in [0, 0.05) is 13.1 Å². The number of benzene rings is 1. The summed E-state index contributed by atoms with van der Waals surface area (Å²) in [5, 5.41) is 3.63. The van der Waals surface area contributed by atoms with Crippen LogP contribution in [-0.2, 0) is 6.54 Å². The van der Waals surface area contributed by atoms with Crippen molar-refractivity contribution < 1.29 is 0 Å². The summed E-state index contributed by atoms with van der Waals surface area (Å²) in [7, 11) is 0. The highest BCUT2D eigenvalue weighted by Gasteiger charge is 2.36. The van der Waals surface area contributed by atoms with Gasteiger partial charge in [0.05, 0.1) is 0 Å². The van der Waals surface area contributed by atoms with Crippen LogP contribution in [0.2, 0.25) is 0 Å². The third-order valence-corrected chi connectivity index (χ3v) is 4.04. The molecule has 0 unspecified atom stereocenters. The van der Waals surface area contributed by atoms with E-state index in [0.29, 0.717) is 5.41 Å². The first kappa shape index (κ1) is 10.3. The molecule has 0 spiro atoms. The van der Waals surface area contributed by atoms with Crippen molar-refractivity contribution in [1.29, 1.82) is 0 Å². The molecule has 0 atom stereocenters. The van der Waals surface area contributed by atoms with Crippen LogP contribution in [0.1, 0.15) is 49.7 Å². The summed E-state index contributed by atoms with van der Waals surface area (Å²) < 4.78 is 0. The lowest BCUT2D eigenvalue weighted by atomic mass is 10.0. The third-order valence-electron chi connectivity index (χ3n) is 4.04. The molecule has 2 saturated carbocycles. The molecule has 3 rings (SSSR count). The summed E-state index contributed by atoms with van der Waals surface area (Å²) in [6.07, 6.45) is 5.61. The molecule has 1 N–H and O–H groups in total. The smallest absolute Gasteiger partial charge is 0.0208 e. The highest BCUT2D eigenvalue weighted by Crippen LogP contribution is 2.44. The molecule has 2 aliphatic rings. The lowest BCUT2D eigenvalue weighted by Crippen LogP contribution is -2.22. The minimum atomic E-state index is 0.620. The minimum Gasteiger partial charge on any atom is -0.312 e. The number of rotatable bonds is 5. The fourth-order valence-corrected chi connectivity index (χ4v) is 2.38. The van der Waals surface area contributed by atoms with Crippen LogP contribution < -0.4 is 5.32 Å². The molecule has 1 aromatic carbocycles. The van der Waals surface area contributed by atoms with E-state index >= 15 is 0 Å². The topological polar surface area (TPSA) is 12.0 Å². The molecule has 16 heavy (non-hydrogen) atoms. The van der Waals surface area contributed by atoms with Crippen molar-refractivity contribution >= 4 is 0 Å². The standard InChI is InChI=1S/C15H21N/c1-15(8-9-15)11-16-10-13-4-2-3-5-14(13)12-6-7-12/h2-5,12,16H,6-11H2,1H3. The Morgan fingerprint density at radius 3 is 2.69 bits per heavy atom. The van der Waals surface area contributed by atoms with Gasteiger partial charge >= 0.3 is 0 Å². The Labute approximate surface area is 98.3 Å². The first-order chi connectivity index (χ1) is 7.77. The third kappa shape index (κ3) is 2.30. The van der Waals surface area contributed by atoms with Crippen molar-refractivity contribution in [2.45, 2.75) is 45.1 Å². The van der Waals surface area contributed by atoms with Crippen LogP contribution >= 0.6 is 0 Å². The van der Waals surface area contributed by atoms with Gasteiger partial charge in [-0.25, -0.2) is 0 Å². The van der Waals surface area contributed by atoms with Crippen molar-refractivity contribution in [1.82, 2.24) is 5.32 Å². The molecule has 1 aromatic rings. The van der Waals surface area contributed by atoms with E-state index in [2.05, 4.69) is 36.5 Å². The maximum Gasteiger partial charge on any atom is 0.0208 e. The van der Waals surface area contributed by atoms with E-state index in [1.54, 1.807) is 5.56 Å². The summed E-state index contributed by atoms with van der Waals surface area (Å²) in [4.78, 5) is 0. The lowest BCUT2D eigenvalue weighted by molar-refractivity contribution is 0.498. The van der Waals surface area contributed by atoms with Gasteiger partial charge in [-0.3, -0.25) is 0 Å². The first-order valence-electron chi connectivity index (χ1n) is 6.55. The van der Waals surface area contributed by atoms with Gasteiger partial charge in [0.1, 0.15) is 0 Å². The molecule has 0 aromatic heterocycles. The van der Waals surface area contributed by atoms with Gasteiger partial charge in [0.25, 0.3) is 0 Å². The predicted molar refractivity (Wildman–Crippen MR) is 67.5 cm³/mol. The van der Waals surface area contributed by atoms with Gasteiger partial charge in [-0.2, -0.15) is 0 Å². The molecule has 1 heteroatoms. The van der Waals surface area contributed by atoms with Gasteiger partial charge < -0.3 is 5.32 Å². The molecule has 2 aliphatic carbocycles. The maximum atomic E-state index is 3.63. The van der Waals surface area contributed by atoms with E-state index in [1.165, 1.54) is 37.8 Å². The largest absolute Gasteiger partial charge is 0.312 e. The molecule has 86 valence electrons. The van der Waals surface area contributed by atoms with Crippen LogP contribution in [0, 0.1) is 5.41 Å². The van der Waals surface area contributed by atoms with Crippen molar-refractivity contribution in [3.63, 3.8) is 0 Å². The number of hydrogen-bond acceptors (Lipinski definition) is 1. The Morgan fingerprint density at radius 2 is 2.00 bits per heavy atom. The quantitative estimate of drug-likeness (QED) is 0.793. The summed E-state index contributed by atoms with van der Waals surface area (Å²) in [5.41, 5.74) is 3.74. The van der Waals surface area contributed by atoms with E-state index in [-0.39, 0.29) is 0 Å². The Hall–Kier alpha value is -0.820. The fourth-order valence-electron chi connectivity index (χ4n) is 2.38. The average molecular weight is 215 g/mol. The van der Waals surface area contributed by atoms with Crippen LogP contribution in [0.4, 0.5) is 0 Å². The minimum absolute atomic E-state index is 0.620. The van der Waals surface area contributed by atoms with Gasteiger partial charge in [-0.15, -0.1) is 0 Å². The second kappa shape index (κ2) is 3.89. The van der Waals surface area contributed by atoms with E-state index in [4.69, 9.17) is 0 Å². The van der Waals surface area contributed by atoms with Crippen molar-refractivity contribution in [2.75, 3.05) is 6.54 Å². The molecule has 0 radical (unpaired) electrons. The summed E-state index contributed by atoms with van der Waals surface area (Å²) in [6.45, 7) is 4.63. The summed E-state index contributed by atoms with van der Waals surface area (Å²) in [5.74, 6) is 0.870. The molecule has 0 aliphatic heterocycles. The van der Waals surface area contributed by atoms with Gasteiger partial charge in [-0.1, -0.05) is 31.2 Å². The Morgan fingerprint density at radius 1 is 1.25 bits per heavy atom. The van der Waals surface area contributed by atoms with E-state index < -0.39 is 0 Å². The normalized spacial score (nSPS) is 22.1. The van der Waals surface area contributed by atoms with Crippen molar-refractivity contribution in [3.05, 3.63) is 35.4 Å². The van der Waals surface area contributed by atoms with E-state index in [9.17, 15) is 0 Å². The number of nitrogens with one attached hydrogen (secondary N) is 1. The van der Waals surface area contributed by atoms with Crippen LogP contribution in [0.5, 0.6) is 0 Å². The maximum absolute atomic E-state index is 3.63. The molecule has 0 saturated heterocycles. The van der Waals surface area contributed by atoms with Gasteiger partial charge in [0.15, 0.2) is 0 Å². The number of hydrogen-bond donors (Lipinski definition) is 1. The fraction of sp³-hybridized carbons (Fsp3) is 0.600. The van der Waals surface area contributed by atoms with E-state index in [0.717, 1.165) is 12.5 Å². The van der Waals surface area contributed by atoms with E-state index in [1.807, 2.05) is 0 Å². The second-order valence-electron chi connectivity index (χ2n) is 5.89. The Bertz CT molecular complexity index is 375. The highest BCUT2D eigenvalue weighted by atomic mass is 14.9. The molecule has 0 heterocycles. The second-order valence-corrected chi connectivity index (χ2v) is 5.89. The zero-order chi connectivity index (χ0) is 11.0. The van der Waals surface area contributed by atoms with Crippen molar-refractivity contribution in [3.8, 4) is 0 Å². The first-order valence-corrected chi connectivity index (χ1v) is 6.55. The molecule has 2 fully saturated rings. The molecule has 0 bridgehead atoms. The van der Waals surface area contributed by atoms with Crippen LogP contribution in [0.15, 0.2) is 24.3 Å². The zero-order valence-corrected chi connectivity index (χ0v) is 10.1. The Kier molecular flexibility index (Phi) is 2.51. The zero-order valence-electron chi connectivity index (χ0n) is 10.1. The molecular formula is C15H21N. The molecule has 1 nitrogen and oxygen atoms in total. The van der Waals surface area contributed by atoms with Crippen LogP contribution in [-0.4, -0.2) is 6.54 Å². The predicted octanol–water partition coefficient (Wildman–Crippen LogP) is 3.45. The highest BCUT2D eigenvalue weighted by molar-refractivity contribution is 5.33. The lowest BCUT2D eigenvalue weighted by Gasteiger charge is -2.12. The average Bonchev–Trinajstić information content (AvgIpc) is 3.16.